The van der Waals surface area contributed by atoms with Gasteiger partial charge in [-0.2, -0.15) is 13.2 Å². The Morgan fingerprint density at radius 2 is 1.72 bits per heavy atom. The highest BCUT2D eigenvalue weighted by Gasteiger charge is 2.28. The van der Waals surface area contributed by atoms with Crippen LogP contribution in [0.3, 0.4) is 0 Å². The molecule has 0 atom stereocenters. The van der Waals surface area contributed by atoms with E-state index in [0.29, 0.717) is 12.3 Å². The van der Waals surface area contributed by atoms with Crippen LogP contribution < -0.4 is 4.72 Å². The van der Waals surface area contributed by atoms with E-state index in [4.69, 9.17) is 11.6 Å². The van der Waals surface area contributed by atoms with Crippen LogP contribution in [0, 0.1) is 5.41 Å². The second-order valence-corrected chi connectivity index (χ2v) is 7.27. The maximum Gasteiger partial charge on any atom is 0.389 e. The van der Waals surface area contributed by atoms with Crippen molar-refractivity contribution in [2.45, 2.75) is 39.3 Å². The summed E-state index contributed by atoms with van der Waals surface area (Å²) in [5.41, 5.74) is -0.307. The van der Waals surface area contributed by atoms with Crippen molar-refractivity contribution in [1.29, 1.82) is 0 Å². The van der Waals surface area contributed by atoms with Gasteiger partial charge in [-0.15, -0.1) is 11.6 Å². The van der Waals surface area contributed by atoms with E-state index in [-0.39, 0.29) is 12.0 Å². The maximum atomic E-state index is 11.9. The summed E-state index contributed by atoms with van der Waals surface area (Å²) in [7, 11) is -3.65. The van der Waals surface area contributed by atoms with E-state index in [1.54, 1.807) is 0 Å². The molecule has 1 N–H and O–H groups in total. The first kappa shape index (κ1) is 18.0. The van der Waals surface area contributed by atoms with Crippen molar-refractivity contribution in [1.82, 2.24) is 4.72 Å². The Bertz CT molecular complexity index is 342. The SMILES string of the molecule is CC(C)(CCCl)CNS(=O)(=O)CCCC(F)(F)F. The smallest absolute Gasteiger partial charge is 0.215 e. The molecule has 0 amide bonds. The van der Waals surface area contributed by atoms with E-state index in [2.05, 4.69) is 4.72 Å². The standard InChI is InChI=1S/C10H19ClF3NO2S/c1-9(2,5-6-11)8-15-18(16,17)7-3-4-10(12,13)14/h15H,3-8H2,1-2H3. The molecule has 0 spiro atoms. The zero-order valence-electron chi connectivity index (χ0n) is 10.5. The van der Waals surface area contributed by atoms with Gasteiger partial charge >= 0.3 is 6.18 Å². The van der Waals surface area contributed by atoms with Crippen LogP contribution in [0.2, 0.25) is 0 Å². The third-order valence-corrected chi connectivity index (χ3v) is 4.01. The van der Waals surface area contributed by atoms with Crippen molar-refractivity contribution in [3.05, 3.63) is 0 Å². The Morgan fingerprint density at radius 1 is 1.17 bits per heavy atom. The van der Waals surface area contributed by atoms with Gasteiger partial charge in [-0.05, 0) is 18.3 Å². The molecule has 110 valence electrons. The van der Waals surface area contributed by atoms with Gasteiger partial charge in [-0.25, -0.2) is 13.1 Å². The summed E-state index contributed by atoms with van der Waals surface area (Å²) in [5.74, 6) is -0.105. The minimum absolute atomic E-state index is 0.175. The van der Waals surface area contributed by atoms with Crippen LogP contribution in [-0.4, -0.2) is 32.8 Å². The predicted octanol–water partition coefficient (Wildman–Crippen LogP) is 2.90. The van der Waals surface area contributed by atoms with E-state index >= 15 is 0 Å². The number of sulfonamides is 1. The fraction of sp³-hybridized carbons (Fsp3) is 1.00. The molecule has 0 heterocycles. The Hall–Kier alpha value is -0.0100. The van der Waals surface area contributed by atoms with Crippen LogP contribution >= 0.6 is 11.6 Å². The summed E-state index contributed by atoms with van der Waals surface area (Å²) in [5, 5.41) is 0. The second kappa shape index (κ2) is 6.96. The van der Waals surface area contributed by atoms with Crippen LogP contribution in [0.15, 0.2) is 0 Å². The zero-order chi connectivity index (χ0) is 14.4. The topological polar surface area (TPSA) is 46.2 Å². The van der Waals surface area contributed by atoms with E-state index in [1.165, 1.54) is 0 Å². The first-order valence-corrected chi connectivity index (χ1v) is 7.76. The molecule has 0 aromatic rings. The Labute approximate surface area is 111 Å². The van der Waals surface area contributed by atoms with Crippen molar-refractivity contribution < 1.29 is 21.6 Å². The fourth-order valence-corrected chi connectivity index (χ4v) is 2.98. The molecule has 0 radical (unpaired) electrons. The van der Waals surface area contributed by atoms with Gasteiger partial charge in [-0.3, -0.25) is 0 Å². The van der Waals surface area contributed by atoms with Crippen LogP contribution in [0.25, 0.3) is 0 Å². The number of alkyl halides is 4. The number of hydrogen-bond donors (Lipinski definition) is 1. The Balaban J connectivity index is 4.09. The first-order chi connectivity index (χ1) is 7.97. The normalized spacial score (nSPS) is 13.9. The van der Waals surface area contributed by atoms with Crippen molar-refractivity contribution in [3.63, 3.8) is 0 Å². The lowest BCUT2D eigenvalue weighted by Gasteiger charge is -2.23. The first-order valence-electron chi connectivity index (χ1n) is 5.57. The highest BCUT2D eigenvalue weighted by atomic mass is 35.5. The van der Waals surface area contributed by atoms with Crippen LogP contribution in [0.4, 0.5) is 13.2 Å². The molecule has 0 saturated heterocycles. The van der Waals surface area contributed by atoms with Gasteiger partial charge in [0, 0.05) is 18.8 Å². The summed E-state index contributed by atoms with van der Waals surface area (Å²) in [6.45, 7) is 3.86. The number of rotatable bonds is 8. The second-order valence-electron chi connectivity index (χ2n) is 4.96. The quantitative estimate of drug-likeness (QED) is 0.701. The molecule has 3 nitrogen and oxygen atoms in total. The van der Waals surface area contributed by atoms with E-state index in [1.807, 2.05) is 13.8 Å². The third-order valence-electron chi connectivity index (χ3n) is 2.42. The third kappa shape index (κ3) is 9.96. The molecule has 0 saturated carbocycles. The van der Waals surface area contributed by atoms with E-state index < -0.39 is 34.8 Å². The molecular formula is C10H19ClF3NO2S. The molecule has 0 aliphatic carbocycles. The molecule has 18 heavy (non-hydrogen) atoms. The molecule has 0 bridgehead atoms. The lowest BCUT2D eigenvalue weighted by Crippen LogP contribution is -2.35. The Kier molecular flexibility index (Phi) is 6.95. The fourth-order valence-electron chi connectivity index (χ4n) is 1.18. The van der Waals surface area contributed by atoms with Crippen molar-refractivity contribution in [2.75, 3.05) is 18.2 Å². The lowest BCUT2D eigenvalue weighted by atomic mass is 9.91. The predicted molar refractivity (Wildman–Crippen MR) is 66.2 cm³/mol. The largest absolute Gasteiger partial charge is 0.389 e. The zero-order valence-corrected chi connectivity index (χ0v) is 12.1. The maximum absolute atomic E-state index is 11.9. The molecule has 0 rings (SSSR count). The van der Waals surface area contributed by atoms with Crippen molar-refractivity contribution in [2.24, 2.45) is 5.41 Å². The molecule has 0 aliphatic heterocycles. The minimum Gasteiger partial charge on any atom is -0.215 e. The molecule has 8 heteroatoms. The number of hydrogen-bond acceptors (Lipinski definition) is 2. The summed E-state index contributed by atoms with van der Waals surface area (Å²) in [6, 6.07) is 0. The molecular weight excluding hydrogens is 291 g/mol. The van der Waals surface area contributed by atoms with Crippen molar-refractivity contribution >= 4 is 21.6 Å². The van der Waals surface area contributed by atoms with Crippen LogP contribution in [0.5, 0.6) is 0 Å². The molecule has 0 unspecified atom stereocenters. The van der Waals surface area contributed by atoms with Gasteiger partial charge in [0.05, 0.1) is 5.75 Å². The molecule has 0 aromatic heterocycles. The van der Waals surface area contributed by atoms with Gasteiger partial charge in [-0.1, -0.05) is 13.8 Å². The Morgan fingerprint density at radius 3 is 2.17 bits per heavy atom. The van der Waals surface area contributed by atoms with Gasteiger partial charge in [0.15, 0.2) is 0 Å². The van der Waals surface area contributed by atoms with Gasteiger partial charge < -0.3 is 0 Å². The number of halogens is 4. The molecule has 0 aromatic carbocycles. The van der Waals surface area contributed by atoms with Gasteiger partial charge in [0.25, 0.3) is 0 Å². The van der Waals surface area contributed by atoms with Crippen LogP contribution in [-0.2, 0) is 10.0 Å². The highest BCUT2D eigenvalue weighted by molar-refractivity contribution is 7.89. The van der Waals surface area contributed by atoms with Gasteiger partial charge in [0.2, 0.25) is 10.0 Å². The summed E-state index contributed by atoms with van der Waals surface area (Å²) in [4.78, 5) is 0. The summed E-state index contributed by atoms with van der Waals surface area (Å²) >= 11 is 5.57. The average Bonchev–Trinajstić information content (AvgIpc) is 2.13. The highest BCUT2D eigenvalue weighted by Crippen LogP contribution is 2.22. The lowest BCUT2D eigenvalue weighted by molar-refractivity contribution is -0.134. The van der Waals surface area contributed by atoms with Crippen LogP contribution in [0.1, 0.15) is 33.1 Å². The van der Waals surface area contributed by atoms with E-state index in [0.717, 1.165) is 0 Å². The van der Waals surface area contributed by atoms with E-state index in [9.17, 15) is 21.6 Å². The number of nitrogens with one attached hydrogen (secondary N) is 1. The molecule has 0 aliphatic rings. The minimum atomic E-state index is -4.31. The summed E-state index contributed by atoms with van der Waals surface area (Å²) < 4.78 is 60.9. The summed E-state index contributed by atoms with van der Waals surface area (Å²) in [6.07, 6.45) is -5.19. The van der Waals surface area contributed by atoms with Crippen molar-refractivity contribution in [3.8, 4) is 0 Å². The monoisotopic (exact) mass is 309 g/mol. The van der Waals surface area contributed by atoms with Gasteiger partial charge in [0.1, 0.15) is 0 Å². The average molecular weight is 310 g/mol. The molecule has 0 fully saturated rings.